The van der Waals surface area contributed by atoms with E-state index in [9.17, 15) is 4.39 Å². The molecule has 0 amide bonds. The van der Waals surface area contributed by atoms with E-state index in [-0.39, 0.29) is 12.4 Å². The molecule has 1 saturated heterocycles. The molecule has 5 heteroatoms. The first-order valence-corrected chi connectivity index (χ1v) is 7.48. The van der Waals surface area contributed by atoms with Gasteiger partial charge in [0.1, 0.15) is 5.82 Å². The molecule has 1 fully saturated rings. The van der Waals surface area contributed by atoms with Crippen molar-refractivity contribution in [3.05, 3.63) is 34.1 Å². The lowest BCUT2D eigenvalue weighted by Gasteiger charge is -2.21. The van der Waals surface area contributed by atoms with Crippen LogP contribution in [0.3, 0.4) is 0 Å². The highest BCUT2D eigenvalue weighted by molar-refractivity contribution is 9.10. The quantitative estimate of drug-likeness (QED) is 0.915. The second-order valence-electron chi connectivity index (χ2n) is 4.94. The maximum atomic E-state index is 13.2. The van der Waals surface area contributed by atoms with Crippen LogP contribution < -0.4 is 0 Å². The van der Waals surface area contributed by atoms with Crippen molar-refractivity contribution < 1.29 is 9.50 Å². The Morgan fingerprint density at radius 2 is 1.89 bits per heavy atom. The maximum Gasteiger partial charge on any atom is 0.137 e. The molecule has 0 bridgehead atoms. The van der Waals surface area contributed by atoms with Gasteiger partial charge in [0.15, 0.2) is 0 Å². The topological polar surface area (TPSA) is 26.7 Å². The Balaban J connectivity index is 1.90. The van der Waals surface area contributed by atoms with Gasteiger partial charge < -0.3 is 5.11 Å². The number of hydrogen-bond acceptors (Lipinski definition) is 3. The average Bonchev–Trinajstić information content (AvgIpc) is 2.60. The summed E-state index contributed by atoms with van der Waals surface area (Å²) in [7, 11) is 0. The molecule has 0 aromatic heterocycles. The van der Waals surface area contributed by atoms with E-state index in [1.165, 1.54) is 6.07 Å². The Hall–Kier alpha value is -0.490. The first-order valence-electron chi connectivity index (χ1n) is 6.68. The van der Waals surface area contributed by atoms with Gasteiger partial charge in [0.2, 0.25) is 0 Å². The van der Waals surface area contributed by atoms with E-state index < -0.39 is 0 Å². The van der Waals surface area contributed by atoms with Crippen molar-refractivity contribution in [3.8, 4) is 0 Å². The molecule has 1 aromatic rings. The van der Waals surface area contributed by atoms with E-state index in [2.05, 4.69) is 25.7 Å². The van der Waals surface area contributed by atoms with Crippen molar-refractivity contribution in [1.82, 2.24) is 9.80 Å². The number of benzene rings is 1. The molecule has 1 aliphatic heterocycles. The molecule has 19 heavy (non-hydrogen) atoms. The van der Waals surface area contributed by atoms with Crippen LogP contribution in [-0.4, -0.2) is 54.2 Å². The minimum Gasteiger partial charge on any atom is -0.395 e. The predicted molar refractivity (Wildman–Crippen MR) is 77.5 cm³/mol. The maximum absolute atomic E-state index is 13.2. The zero-order valence-electron chi connectivity index (χ0n) is 11.0. The van der Waals surface area contributed by atoms with Gasteiger partial charge in [-0.1, -0.05) is 6.07 Å². The third-order valence-electron chi connectivity index (χ3n) is 3.49. The van der Waals surface area contributed by atoms with Crippen molar-refractivity contribution in [1.29, 1.82) is 0 Å². The zero-order chi connectivity index (χ0) is 13.7. The van der Waals surface area contributed by atoms with Crippen molar-refractivity contribution in [2.75, 3.05) is 39.3 Å². The Morgan fingerprint density at radius 1 is 1.16 bits per heavy atom. The molecule has 0 atom stereocenters. The van der Waals surface area contributed by atoms with Crippen LogP contribution in [0.2, 0.25) is 0 Å². The number of halogens is 2. The summed E-state index contributed by atoms with van der Waals surface area (Å²) < 4.78 is 13.7. The van der Waals surface area contributed by atoms with Crippen molar-refractivity contribution in [2.24, 2.45) is 0 Å². The van der Waals surface area contributed by atoms with E-state index in [0.717, 1.165) is 51.3 Å². The van der Waals surface area contributed by atoms with Gasteiger partial charge in [0, 0.05) is 26.2 Å². The molecule has 1 aromatic carbocycles. The van der Waals surface area contributed by atoms with E-state index in [4.69, 9.17) is 5.11 Å². The monoisotopic (exact) mass is 330 g/mol. The highest BCUT2D eigenvalue weighted by atomic mass is 79.9. The SMILES string of the molecule is OCCN1CCCN(Cc2ccc(F)c(Br)c2)CC1. The van der Waals surface area contributed by atoms with Gasteiger partial charge in [-0.05, 0) is 53.1 Å². The van der Waals surface area contributed by atoms with Gasteiger partial charge in [0.05, 0.1) is 11.1 Å². The summed E-state index contributed by atoms with van der Waals surface area (Å²) in [6.07, 6.45) is 1.11. The lowest BCUT2D eigenvalue weighted by Crippen LogP contribution is -2.32. The predicted octanol–water partition coefficient (Wildman–Crippen LogP) is 2.09. The number of nitrogens with zero attached hydrogens (tertiary/aromatic N) is 2. The smallest absolute Gasteiger partial charge is 0.137 e. The molecule has 106 valence electrons. The fraction of sp³-hybridized carbons (Fsp3) is 0.571. The van der Waals surface area contributed by atoms with Gasteiger partial charge in [-0.2, -0.15) is 0 Å². The van der Waals surface area contributed by atoms with Crippen LogP contribution in [0.25, 0.3) is 0 Å². The van der Waals surface area contributed by atoms with Gasteiger partial charge in [-0.15, -0.1) is 0 Å². The standard InChI is InChI=1S/C14H20BrFN2O/c15-13-10-12(2-3-14(13)16)11-18-5-1-4-17(6-7-18)8-9-19/h2-3,10,19H,1,4-9,11H2. The highest BCUT2D eigenvalue weighted by Gasteiger charge is 2.14. The van der Waals surface area contributed by atoms with Crippen LogP contribution in [0.5, 0.6) is 0 Å². The number of aliphatic hydroxyl groups excluding tert-OH is 1. The van der Waals surface area contributed by atoms with Crippen molar-refractivity contribution in [3.63, 3.8) is 0 Å². The van der Waals surface area contributed by atoms with E-state index in [1.54, 1.807) is 0 Å². The molecule has 2 rings (SSSR count). The van der Waals surface area contributed by atoms with E-state index in [0.29, 0.717) is 4.47 Å². The first-order chi connectivity index (χ1) is 9.19. The Morgan fingerprint density at radius 3 is 2.63 bits per heavy atom. The van der Waals surface area contributed by atoms with Crippen LogP contribution in [0.4, 0.5) is 4.39 Å². The Kier molecular flexibility index (Phi) is 5.76. The summed E-state index contributed by atoms with van der Waals surface area (Å²) in [5, 5.41) is 8.97. The number of β-amino-alcohol motifs (C(OH)–C–C–N with tert-alkyl or cyclic N) is 1. The van der Waals surface area contributed by atoms with E-state index >= 15 is 0 Å². The van der Waals surface area contributed by atoms with Gasteiger partial charge >= 0.3 is 0 Å². The summed E-state index contributed by atoms with van der Waals surface area (Å²) in [5.74, 6) is -0.214. The van der Waals surface area contributed by atoms with E-state index in [1.807, 2.05) is 12.1 Å². The van der Waals surface area contributed by atoms with Crippen LogP contribution in [0.15, 0.2) is 22.7 Å². The van der Waals surface area contributed by atoms with Crippen molar-refractivity contribution in [2.45, 2.75) is 13.0 Å². The second kappa shape index (κ2) is 7.33. The fourth-order valence-corrected chi connectivity index (χ4v) is 2.87. The average molecular weight is 331 g/mol. The molecule has 1 aliphatic rings. The number of hydrogen-bond donors (Lipinski definition) is 1. The molecular formula is C14H20BrFN2O. The number of rotatable bonds is 4. The second-order valence-corrected chi connectivity index (χ2v) is 5.80. The molecule has 0 unspecified atom stereocenters. The van der Waals surface area contributed by atoms with Crippen LogP contribution in [-0.2, 0) is 6.54 Å². The van der Waals surface area contributed by atoms with Crippen molar-refractivity contribution >= 4 is 15.9 Å². The van der Waals surface area contributed by atoms with Gasteiger partial charge in [-0.25, -0.2) is 4.39 Å². The molecular weight excluding hydrogens is 311 g/mol. The number of aliphatic hydroxyl groups is 1. The summed E-state index contributed by atoms with van der Waals surface area (Å²) in [4.78, 5) is 4.68. The molecule has 0 aliphatic carbocycles. The molecule has 3 nitrogen and oxygen atoms in total. The van der Waals surface area contributed by atoms with Gasteiger partial charge in [-0.3, -0.25) is 9.80 Å². The minimum atomic E-state index is -0.214. The Labute approximate surface area is 122 Å². The lowest BCUT2D eigenvalue weighted by atomic mass is 10.2. The minimum absolute atomic E-state index is 0.214. The Bertz CT molecular complexity index is 416. The molecule has 1 N–H and O–H groups in total. The molecule has 0 saturated carbocycles. The third kappa shape index (κ3) is 4.53. The first kappa shape index (κ1) is 14.9. The largest absolute Gasteiger partial charge is 0.395 e. The van der Waals surface area contributed by atoms with Crippen LogP contribution in [0.1, 0.15) is 12.0 Å². The summed E-state index contributed by atoms with van der Waals surface area (Å²) in [6, 6.07) is 5.21. The summed E-state index contributed by atoms with van der Waals surface area (Å²) >= 11 is 3.23. The zero-order valence-corrected chi connectivity index (χ0v) is 12.6. The van der Waals surface area contributed by atoms with Gasteiger partial charge in [0.25, 0.3) is 0 Å². The molecule has 0 spiro atoms. The summed E-state index contributed by atoms with van der Waals surface area (Å²) in [6.45, 7) is 5.92. The van der Waals surface area contributed by atoms with Crippen LogP contribution in [0, 0.1) is 5.82 Å². The lowest BCUT2D eigenvalue weighted by molar-refractivity contribution is 0.196. The van der Waals surface area contributed by atoms with Crippen LogP contribution >= 0.6 is 15.9 Å². The molecule has 1 heterocycles. The normalized spacial score (nSPS) is 18.5. The summed E-state index contributed by atoms with van der Waals surface area (Å²) in [5.41, 5.74) is 1.13. The third-order valence-corrected chi connectivity index (χ3v) is 4.10. The fourth-order valence-electron chi connectivity index (χ4n) is 2.44. The highest BCUT2D eigenvalue weighted by Crippen LogP contribution is 2.18. The molecule has 0 radical (unpaired) electrons.